The Labute approximate surface area is 119 Å². The molecule has 0 radical (unpaired) electrons. The Balaban J connectivity index is 2.06. The van der Waals surface area contributed by atoms with E-state index in [-0.39, 0.29) is 5.56 Å². The molecule has 2 aromatic carbocycles. The van der Waals surface area contributed by atoms with Gasteiger partial charge in [-0.05, 0) is 42.0 Å². The molecule has 0 aliphatic carbocycles. The number of hydrogen-bond donors (Lipinski definition) is 1. The fourth-order valence-electron chi connectivity index (χ4n) is 1.52. The van der Waals surface area contributed by atoms with E-state index in [2.05, 4.69) is 0 Å². The van der Waals surface area contributed by atoms with Gasteiger partial charge in [0.15, 0.2) is 0 Å². The van der Waals surface area contributed by atoms with E-state index in [1.54, 1.807) is 18.2 Å². The Kier molecular flexibility index (Phi) is 4.45. The molecule has 0 aliphatic heterocycles. The maximum absolute atomic E-state index is 13.5. The number of thioether (sulfide) groups is 1. The van der Waals surface area contributed by atoms with Crippen molar-refractivity contribution in [2.75, 3.05) is 0 Å². The second-order valence-electron chi connectivity index (χ2n) is 3.86. The molecule has 0 heterocycles. The summed E-state index contributed by atoms with van der Waals surface area (Å²) in [7, 11) is 0. The first-order valence-corrected chi connectivity index (χ1v) is 6.83. The summed E-state index contributed by atoms with van der Waals surface area (Å²) in [6, 6.07) is 11.5. The SMILES string of the molecule is O=C(O)c1ccc(CSc2ccc(Cl)cc2)cc1F. The van der Waals surface area contributed by atoms with Crippen LogP contribution in [0.3, 0.4) is 0 Å². The normalized spacial score (nSPS) is 10.4. The number of carboxylic acid groups (broad SMARTS) is 1. The first kappa shape index (κ1) is 13.9. The molecule has 1 N–H and O–H groups in total. The summed E-state index contributed by atoms with van der Waals surface area (Å²) in [6.45, 7) is 0. The Bertz CT molecular complexity index is 599. The molecular formula is C14H10ClFO2S. The zero-order valence-corrected chi connectivity index (χ0v) is 11.3. The van der Waals surface area contributed by atoms with Crippen LogP contribution >= 0.6 is 23.4 Å². The van der Waals surface area contributed by atoms with Crippen molar-refractivity contribution in [2.24, 2.45) is 0 Å². The molecule has 2 rings (SSSR count). The molecule has 0 saturated carbocycles. The van der Waals surface area contributed by atoms with Crippen LogP contribution in [-0.4, -0.2) is 11.1 Å². The number of aromatic carboxylic acids is 1. The summed E-state index contributed by atoms with van der Waals surface area (Å²) in [5.74, 6) is -1.39. The highest BCUT2D eigenvalue weighted by Crippen LogP contribution is 2.25. The predicted molar refractivity (Wildman–Crippen MR) is 74.4 cm³/mol. The Morgan fingerprint density at radius 3 is 2.47 bits per heavy atom. The summed E-state index contributed by atoms with van der Waals surface area (Å²) >= 11 is 7.31. The quantitative estimate of drug-likeness (QED) is 0.846. The van der Waals surface area contributed by atoms with E-state index in [0.29, 0.717) is 10.8 Å². The van der Waals surface area contributed by atoms with Gasteiger partial charge in [0.1, 0.15) is 5.82 Å². The zero-order valence-electron chi connectivity index (χ0n) is 9.77. The van der Waals surface area contributed by atoms with Gasteiger partial charge in [-0.3, -0.25) is 0 Å². The lowest BCUT2D eigenvalue weighted by atomic mass is 10.1. The third-order valence-corrected chi connectivity index (χ3v) is 3.82. The Morgan fingerprint density at radius 1 is 1.21 bits per heavy atom. The van der Waals surface area contributed by atoms with Gasteiger partial charge in [0, 0.05) is 15.7 Å². The number of carboxylic acids is 1. The molecule has 0 aliphatic rings. The third kappa shape index (κ3) is 3.72. The molecule has 2 nitrogen and oxygen atoms in total. The third-order valence-electron chi connectivity index (χ3n) is 2.48. The number of rotatable bonds is 4. The van der Waals surface area contributed by atoms with Crippen LogP contribution < -0.4 is 0 Å². The van der Waals surface area contributed by atoms with Crippen LogP contribution in [0.5, 0.6) is 0 Å². The highest BCUT2D eigenvalue weighted by atomic mass is 35.5. The second kappa shape index (κ2) is 6.08. The van der Waals surface area contributed by atoms with Gasteiger partial charge < -0.3 is 5.11 Å². The fraction of sp³-hybridized carbons (Fsp3) is 0.0714. The van der Waals surface area contributed by atoms with E-state index in [1.807, 2.05) is 12.1 Å². The van der Waals surface area contributed by atoms with E-state index >= 15 is 0 Å². The van der Waals surface area contributed by atoms with Gasteiger partial charge in [-0.25, -0.2) is 9.18 Å². The lowest BCUT2D eigenvalue weighted by Crippen LogP contribution is -2.00. The number of benzene rings is 2. The maximum atomic E-state index is 13.5. The van der Waals surface area contributed by atoms with Crippen molar-refractivity contribution in [3.63, 3.8) is 0 Å². The molecule has 0 atom stereocenters. The van der Waals surface area contributed by atoms with Crippen LogP contribution in [0.15, 0.2) is 47.4 Å². The van der Waals surface area contributed by atoms with Crippen molar-refractivity contribution in [2.45, 2.75) is 10.6 Å². The number of hydrogen-bond acceptors (Lipinski definition) is 2. The van der Waals surface area contributed by atoms with Crippen molar-refractivity contribution < 1.29 is 14.3 Å². The van der Waals surface area contributed by atoms with Gasteiger partial charge in [-0.1, -0.05) is 17.7 Å². The highest BCUT2D eigenvalue weighted by molar-refractivity contribution is 7.98. The van der Waals surface area contributed by atoms with Crippen LogP contribution in [0.25, 0.3) is 0 Å². The molecule has 5 heteroatoms. The lowest BCUT2D eigenvalue weighted by Gasteiger charge is -2.04. The molecule has 0 fully saturated rings. The summed E-state index contributed by atoms with van der Waals surface area (Å²) in [6.07, 6.45) is 0. The Morgan fingerprint density at radius 2 is 1.89 bits per heavy atom. The van der Waals surface area contributed by atoms with Gasteiger partial charge in [0.2, 0.25) is 0 Å². The summed E-state index contributed by atoms with van der Waals surface area (Å²) in [4.78, 5) is 11.7. The topological polar surface area (TPSA) is 37.3 Å². The van der Waals surface area contributed by atoms with Crippen molar-refractivity contribution in [1.82, 2.24) is 0 Å². The summed E-state index contributed by atoms with van der Waals surface area (Å²) < 4.78 is 13.5. The standard InChI is InChI=1S/C14H10ClFO2S/c15-10-2-4-11(5-3-10)19-8-9-1-6-12(14(17)18)13(16)7-9/h1-7H,8H2,(H,17,18). The fourth-order valence-corrected chi connectivity index (χ4v) is 2.49. The minimum absolute atomic E-state index is 0.305. The van der Waals surface area contributed by atoms with Gasteiger partial charge >= 0.3 is 5.97 Å². The number of carbonyl (C=O) groups is 1. The second-order valence-corrected chi connectivity index (χ2v) is 5.35. The van der Waals surface area contributed by atoms with E-state index in [0.717, 1.165) is 10.5 Å². The monoisotopic (exact) mass is 296 g/mol. The van der Waals surface area contributed by atoms with E-state index < -0.39 is 11.8 Å². The van der Waals surface area contributed by atoms with E-state index in [1.165, 1.54) is 23.9 Å². The first-order chi connectivity index (χ1) is 9.06. The van der Waals surface area contributed by atoms with Crippen LogP contribution in [0.1, 0.15) is 15.9 Å². The number of halogens is 2. The molecule has 2 aromatic rings. The lowest BCUT2D eigenvalue weighted by molar-refractivity contribution is 0.0692. The van der Waals surface area contributed by atoms with E-state index in [4.69, 9.17) is 16.7 Å². The molecule has 0 amide bonds. The molecule has 0 unspecified atom stereocenters. The van der Waals surface area contributed by atoms with Crippen LogP contribution in [-0.2, 0) is 5.75 Å². The molecule has 19 heavy (non-hydrogen) atoms. The largest absolute Gasteiger partial charge is 0.478 e. The van der Waals surface area contributed by atoms with E-state index in [9.17, 15) is 9.18 Å². The minimum Gasteiger partial charge on any atom is -0.478 e. The molecule has 98 valence electrons. The van der Waals surface area contributed by atoms with Crippen LogP contribution in [0, 0.1) is 5.82 Å². The smallest absolute Gasteiger partial charge is 0.338 e. The maximum Gasteiger partial charge on any atom is 0.338 e. The van der Waals surface area contributed by atoms with Crippen LogP contribution in [0.2, 0.25) is 5.02 Å². The minimum atomic E-state index is -1.26. The summed E-state index contributed by atoms with van der Waals surface area (Å²) in [5.41, 5.74) is 0.433. The molecule has 0 aromatic heterocycles. The van der Waals surface area contributed by atoms with Crippen molar-refractivity contribution in [3.05, 3.63) is 64.4 Å². The highest BCUT2D eigenvalue weighted by Gasteiger charge is 2.10. The van der Waals surface area contributed by atoms with Gasteiger partial charge in [0.05, 0.1) is 5.56 Å². The summed E-state index contributed by atoms with van der Waals surface area (Å²) in [5, 5.41) is 9.40. The molecular weight excluding hydrogens is 287 g/mol. The van der Waals surface area contributed by atoms with Crippen molar-refractivity contribution in [3.8, 4) is 0 Å². The molecule has 0 bridgehead atoms. The first-order valence-electron chi connectivity index (χ1n) is 5.46. The van der Waals surface area contributed by atoms with Gasteiger partial charge in [0.25, 0.3) is 0 Å². The van der Waals surface area contributed by atoms with Gasteiger partial charge in [-0.15, -0.1) is 11.8 Å². The van der Waals surface area contributed by atoms with Crippen LogP contribution in [0.4, 0.5) is 4.39 Å². The average Bonchev–Trinajstić information content (AvgIpc) is 2.37. The van der Waals surface area contributed by atoms with Gasteiger partial charge in [-0.2, -0.15) is 0 Å². The van der Waals surface area contributed by atoms with Crippen molar-refractivity contribution >= 4 is 29.3 Å². The zero-order chi connectivity index (χ0) is 13.8. The Hall–Kier alpha value is -1.52. The van der Waals surface area contributed by atoms with Crippen molar-refractivity contribution in [1.29, 1.82) is 0 Å². The average molecular weight is 297 g/mol. The predicted octanol–water partition coefficient (Wildman–Crippen LogP) is 4.47. The molecule has 0 saturated heterocycles. The molecule has 0 spiro atoms.